The van der Waals surface area contributed by atoms with Crippen LogP contribution in [0.4, 0.5) is 0 Å². The Morgan fingerprint density at radius 1 is 1.00 bits per heavy atom. The van der Waals surface area contributed by atoms with Crippen LogP contribution in [0, 0.1) is 29.6 Å². The fourth-order valence-electron chi connectivity index (χ4n) is 6.02. The Morgan fingerprint density at radius 2 is 1.58 bits per heavy atom. The van der Waals surface area contributed by atoms with Gasteiger partial charge >= 0.3 is 0 Å². The van der Waals surface area contributed by atoms with E-state index in [0.29, 0.717) is 12.0 Å². The van der Waals surface area contributed by atoms with Crippen LogP contribution in [-0.2, 0) is 0 Å². The molecule has 0 aromatic carbocycles. The molecule has 0 radical (unpaired) electrons. The summed E-state index contributed by atoms with van der Waals surface area (Å²) >= 11 is 0. The molecule has 5 aliphatic rings. The molecule has 4 bridgehead atoms. The monoisotopic (exact) mass is 263 g/mol. The normalized spacial score (nSPS) is 48.0. The quantitative estimate of drug-likeness (QED) is 0.817. The van der Waals surface area contributed by atoms with E-state index in [1.165, 1.54) is 51.4 Å². The van der Waals surface area contributed by atoms with E-state index in [0.717, 1.165) is 30.2 Å². The highest BCUT2D eigenvalue weighted by Gasteiger charge is 2.53. The highest BCUT2D eigenvalue weighted by molar-refractivity contribution is 5.04. The molecule has 0 aliphatic heterocycles. The van der Waals surface area contributed by atoms with Crippen molar-refractivity contribution in [2.45, 2.75) is 69.9 Å². The molecule has 5 fully saturated rings. The van der Waals surface area contributed by atoms with Crippen LogP contribution in [0.5, 0.6) is 0 Å². The minimum atomic E-state index is -0.474. The molecule has 0 saturated heterocycles. The van der Waals surface area contributed by atoms with Gasteiger partial charge in [-0.05, 0) is 81.5 Å². The average Bonchev–Trinajstić information content (AvgIpc) is 2.24. The van der Waals surface area contributed by atoms with Gasteiger partial charge in [0.15, 0.2) is 0 Å². The van der Waals surface area contributed by atoms with Gasteiger partial charge in [-0.2, -0.15) is 0 Å². The van der Waals surface area contributed by atoms with E-state index in [-0.39, 0.29) is 0 Å². The Bertz CT molecular complexity index is 319. The second-order valence-corrected chi connectivity index (χ2v) is 8.32. The van der Waals surface area contributed by atoms with Gasteiger partial charge in [0.1, 0.15) is 0 Å². The molecule has 19 heavy (non-hydrogen) atoms. The van der Waals surface area contributed by atoms with E-state index in [2.05, 4.69) is 12.2 Å². The lowest BCUT2D eigenvalue weighted by Gasteiger charge is -2.58. The lowest BCUT2D eigenvalue weighted by atomic mass is 9.49. The number of nitrogens with one attached hydrogen (secondary N) is 1. The number of hydrogen-bond acceptors (Lipinski definition) is 2. The van der Waals surface area contributed by atoms with E-state index >= 15 is 0 Å². The third-order valence-corrected chi connectivity index (χ3v) is 6.80. The summed E-state index contributed by atoms with van der Waals surface area (Å²) in [6, 6.07) is 0.698. The molecular weight excluding hydrogens is 234 g/mol. The summed E-state index contributed by atoms with van der Waals surface area (Å²) < 4.78 is 0. The predicted octanol–water partition coefficient (Wildman–Crippen LogP) is 2.95. The van der Waals surface area contributed by atoms with Crippen molar-refractivity contribution in [3.05, 3.63) is 0 Å². The summed E-state index contributed by atoms with van der Waals surface area (Å²) in [5, 5.41) is 14.7. The topological polar surface area (TPSA) is 32.3 Å². The SMILES string of the molecule is CC(O)(CNC1CCC1)C1C2CC3CC(C2)CC1C3. The van der Waals surface area contributed by atoms with Crippen molar-refractivity contribution in [3.8, 4) is 0 Å². The minimum absolute atomic E-state index is 0.474. The second-order valence-electron chi connectivity index (χ2n) is 8.32. The van der Waals surface area contributed by atoms with Gasteiger partial charge in [0.25, 0.3) is 0 Å². The van der Waals surface area contributed by atoms with Gasteiger partial charge in [0.2, 0.25) is 0 Å². The maximum Gasteiger partial charge on any atom is 0.0776 e. The molecule has 0 heterocycles. The molecule has 0 aromatic heterocycles. The van der Waals surface area contributed by atoms with Gasteiger partial charge < -0.3 is 10.4 Å². The summed E-state index contributed by atoms with van der Waals surface area (Å²) in [6.45, 7) is 2.94. The maximum absolute atomic E-state index is 11.1. The third kappa shape index (κ3) is 2.15. The van der Waals surface area contributed by atoms with Crippen LogP contribution in [0.3, 0.4) is 0 Å². The highest BCUT2D eigenvalue weighted by atomic mass is 16.3. The Balaban J connectivity index is 1.44. The Kier molecular flexibility index (Phi) is 2.97. The van der Waals surface area contributed by atoms with Crippen molar-refractivity contribution in [2.24, 2.45) is 29.6 Å². The molecule has 2 heteroatoms. The van der Waals surface area contributed by atoms with Crippen LogP contribution in [-0.4, -0.2) is 23.3 Å². The van der Waals surface area contributed by atoms with Gasteiger partial charge in [0.05, 0.1) is 5.60 Å². The van der Waals surface area contributed by atoms with Crippen LogP contribution in [0.2, 0.25) is 0 Å². The molecule has 0 amide bonds. The average molecular weight is 263 g/mol. The molecule has 1 unspecified atom stereocenters. The first kappa shape index (κ1) is 12.6. The zero-order valence-electron chi connectivity index (χ0n) is 12.3. The third-order valence-electron chi connectivity index (χ3n) is 6.80. The molecule has 5 rings (SSSR count). The Hall–Kier alpha value is -0.0800. The van der Waals surface area contributed by atoms with Crippen molar-refractivity contribution in [3.63, 3.8) is 0 Å². The maximum atomic E-state index is 11.1. The second kappa shape index (κ2) is 4.46. The molecule has 0 aromatic rings. The van der Waals surface area contributed by atoms with Crippen molar-refractivity contribution in [1.82, 2.24) is 5.32 Å². The number of hydrogen-bond donors (Lipinski definition) is 2. The fraction of sp³-hybridized carbons (Fsp3) is 1.00. The number of rotatable bonds is 4. The molecule has 108 valence electrons. The van der Waals surface area contributed by atoms with Crippen LogP contribution in [0.1, 0.15) is 58.3 Å². The first-order chi connectivity index (χ1) is 9.12. The molecular formula is C17H29NO. The summed E-state index contributed by atoms with van der Waals surface area (Å²) in [7, 11) is 0. The van der Waals surface area contributed by atoms with Gasteiger partial charge in [0, 0.05) is 12.6 Å². The van der Waals surface area contributed by atoms with Crippen molar-refractivity contribution in [2.75, 3.05) is 6.54 Å². The van der Waals surface area contributed by atoms with E-state index in [9.17, 15) is 5.11 Å². The zero-order chi connectivity index (χ0) is 13.0. The summed E-state index contributed by atoms with van der Waals surface area (Å²) in [5.74, 6) is 4.25. The lowest BCUT2D eigenvalue weighted by Crippen LogP contribution is -2.58. The molecule has 5 saturated carbocycles. The highest BCUT2D eigenvalue weighted by Crippen LogP contribution is 2.58. The Labute approximate surface area is 117 Å². The van der Waals surface area contributed by atoms with Gasteiger partial charge in [-0.15, -0.1) is 0 Å². The first-order valence-corrected chi connectivity index (χ1v) is 8.57. The van der Waals surface area contributed by atoms with Crippen LogP contribution in [0.15, 0.2) is 0 Å². The van der Waals surface area contributed by atoms with Crippen molar-refractivity contribution in [1.29, 1.82) is 0 Å². The molecule has 0 spiro atoms. The summed E-state index contributed by atoms with van der Waals surface area (Å²) in [5.41, 5.74) is -0.474. The summed E-state index contributed by atoms with van der Waals surface area (Å²) in [4.78, 5) is 0. The zero-order valence-corrected chi connectivity index (χ0v) is 12.3. The lowest BCUT2D eigenvalue weighted by molar-refractivity contribution is -0.134. The number of aliphatic hydroxyl groups is 1. The van der Waals surface area contributed by atoms with Gasteiger partial charge in [-0.3, -0.25) is 0 Å². The molecule has 2 N–H and O–H groups in total. The molecule has 2 nitrogen and oxygen atoms in total. The van der Waals surface area contributed by atoms with E-state index < -0.39 is 5.60 Å². The predicted molar refractivity (Wildman–Crippen MR) is 76.8 cm³/mol. The van der Waals surface area contributed by atoms with Crippen molar-refractivity contribution < 1.29 is 5.11 Å². The molecule has 5 aliphatic carbocycles. The smallest absolute Gasteiger partial charge is 0.0776 e. The van der Waals surface area contributed by atoms with E-state index in [4.69, 9.17) is 0 Å². The van der Waals surface area contributed by atoms with Gasteiger partial charge in [-0.25, -0.2) is 0 Å². The van der Waals surface area contributed by atoms with Crippen LogP contribution in [0.25, 0.3) is 0 Å². The first-order valence-electron chi connectivity index (χ1n) is 8.57. The fourth-order valence-corrected chi connectivity index (χ4v) is 6.02. The standard InChI is InChI=1S/C17H29NO/c1-17(19,10-18-15-3-2-4-15)16-13-6-11-5-12(8-13)9-14(16)7-11/h11-16,18-19H,2-10H2,1H3. The van der Waals surface area contributed by atoms with Crippen LogP contribution >= 0.6 is 0 Å². The van der Waals surface area contributed by atoms with Crippen molar-refractivity contribution >= 4 is 0 Å². The Morgan fingerprint density at radius 3 is 2.05 bits per heavy atom. The largest absolute Gasteiger partial charge is 0.389 e. The molecule has 1 atom stereocenters. The van der Waals surface area contributed by atoms with Crippen LogP contribution < -0.4 is 5.32 Å². The summed E-state index contributed by atoms with van der Waals surface area (Å²) in [6.07, 6.45) is 11.2. The van der Waals surface area contributed by atoms with E-state index in [1.54, 1.807) is 0 Å². The minimum Gasteiger partial charge on any atom is -0.389 e. The van der Waals surface area contributed by atoms with E-state index in [1.807, 2.05) is 0 Å². The van der Waals surface area contributed by atoms with Gasteiger partial charge in [-0.1, -0.05) is 6.42 Å².